The van der Waals surface area contributed by atoms with E-state index in [2.05, 4.69) is 23.6 Å². The Hall–Kier alpha value is -4.64. The standard InChI is InChI=1S/C28H27N3O3.C2HF3O2/c32-27(17-22-10-7-13-25(16-22)34-24-11-5-2-6-12-24)29-18-26-28-23(14-15-33-26)20-31(30-28)19-21-8-3-1-4-9-21;3-2(4,5)1(6)7/h1-13,16,20,26H,14-15,17-19H2,(H,29,32);(H,6,7). The van der Waals surface area contributed by atoms with E-state index in [-0.39, 0.29) is 18.4 Å². The number of benzene rings is 3. The lowest BCUT2D eigenvalue weighted by Crippen LogP contribution is -2.32. The molecule has 3 aromatic carbocycles. The lowest BCUT2D eigenvalue weighted by Gasteiger charge is -2.22. The second-order valence-electron chi connectivity index (χ2n) is 9.18. The Morgan fingerprint density at radius 2 is 1.61 bits per heavy atom. The van der Waals surface area contributed by atoms with Gasteiger partial charge in [-0.05, 0) is 47.4 Å². The van der Waals surface area contributed by atoms with Crippen molar-refractivity contribution >= 4 is 11.9 Å². The van der Waals surface area contributed by atoms with E-state index in [1.54, 1.807) is 0 Å². The van der Waals surface area contributed by atoms with E-state index in [0.717, 1.165) is 23.4 Å². The third kappa shape index (κ3) is 8.94. The van der Waals surface area contributed by atoms with Crippen molar-refractivity contribution in [3.8, 4) is 11.5 Å². The lowest BCUT2D eigenvalue weighted by atomic mass is 10.1. The van der Waals surface area contributed by atoms with Gasteiger partial charge in [-0.1, -0.05) is 60.7 Å². The van der Waals surface area contributed by atoms with Crippen LogP contribution in [0.4, 0.5) is 13.2 Å². The second-order valence-corrected chi connectivity index (χ2v) is 9.18. The molecule has 0 saturated heterocycles. The Labute approximate surface area is 234 Å². The summed E-state index contributed by atoms with van der Waals surface area (Å²) in [5, 5.41) is 14.9. The highest BCUT2D eigenvalue weighted by atomic mass is 19.4. The largest absolute Gasteiger partial charge is 0.490 e. The normalized spacial score (nSPS) is 14.3. The number of nitrogens with one attached hydrogen (secondary N) is 1. The topological polar surface area (TPSA) is 103 Å². The molecule has 4 aromatic rings. The van der Waals surface area contributed by atoms with E-state index >= 15 is 0 Å². The molecule has 1 amide bonds. The number of nitrogens with zero attached hydrogens (tertiary/aromatic N) is 2. The summed E-state index contributed by atoms with van der Waals surface area (Å²) in [6.07, 6.45) is -2.12. The quantitative estimate of drug-likeness (QED) is 0.299. The molecule has 2 N–H and O–H groups in total. The molecule has 1 aromatic heterocycles. The van der Waals surface area contributed by atoms with Crippen LogP contribution >= 0.6 is 0 Å². The fourth-order valence-electron chi connectivity index (χ4n) is 4.14. The number of aliphatic carboxylic acids is 1. The lowest BCUT2D eigenvalue weighted by molar-refractivity contribution is -0.192. The van der Waals surface area contributed by atoms with Crippen molar-refractivity contribution in [1.29, 1.82) is 0 Å². The SMILES string of the molecule is O=C(Cc1cccc(Oc2ccccc2)c1)NCC1OCCc2cn(Cc3ccccc3)nc21.O=C(O)C(F)(F)F. The molecular weight excluding hydrogens is 539 g/mol. The van der Waals surface area contributed by atoms with Crippen LogP contribution in [-0.4, -0.2) is 46.1 Å². The van der Waals surface area contributed by atoms with Crippen LogP contribution in [-0.2, 0) is 33.7 Å². The summed E-state index contributed by atoms with van der Waals surface area (Å²) in [5.74, 6) is -1.34. The molecule has 1 aliphatic rings. The van der Waals surface area contributed by atoms with Gasteiger partial charge in [-0.15, -0.1) is 0 Å². The number of rotatable bonds is 8. The van der Waals surface area contributed by atoms with Crippen LogP contribution in [0.3, 0.4) is 0 Å². The number of hydrogen-bond donors (Lipinski definition) is 2. The second kappa shape index (κ2) is 13.6. The molecule has 1 atom stereocenters. The fourth-order valence-corrected chi connectivity index (χ4v) is 4.14. The van der Waals surface area contributed by atoms with Crippen molar-refractivity contribution in [3.05, 3.63) is 114 Å². The van der Waals surface area contributed by atoms with Gasteiger partial charge in [0.05, 0.1) is 25.3 Å². The monoisotopic (exact) mass is 567 g/mol. The fraction of sp³-hybridized carbons (Fsp3) is 0.233. The Balaban J connectivity index is 0.000000493. The van der Waals surface area contributed by atoms with E-state index in [9.17, 15) is 18.0 Å². The van der Waals surface area contributed by atoms with E-state index < -0.39 is 12.1 Å². The zero-order chi connectivity index (χ0) is 29.2. The summed E-state index contributed by atoms with van der Waals surface area (Å²) >= 11 is 0. The van der Waals surface area contributed by atoms with Gasteiger partial charge in [-0.25, -0.2) is 4.79 Å². The molecule has 0 radical (unpaired) electrons. The summed E-state index contributed by atoms with van der Waals surface area (Å²) in [5.41, 5.74) is 4.20. The predicted octanol–water partition coefficient (Wildman–Crippen LogP) is 5.33. The number of amides is 1. The van der Waals surface area contributed by atoms with Crippen molar-refractivity contribution < 1.29 is 37.3 Å². The van der Waals surface area contributed by atoms with Crippen molar-refractivity contribution in [2.24, 2.45) is 0 Å². The third-order valence-electron chi connectivity index (χ3n) is 6.02. The average molecular weight is 568 g/mol. The van der Waals surface area contributed by atoms with Crippen LogP contribution < -0.4 is 10.1 Å². The number of hydrogen-bond acceptors (Lipinski definition) is 5. The number of fused-ring (bicyclic) bond motifs is 1. The number of carboxylic acid groups (broad SMARTS) is 1. The molecule has 0 spiro atoms. The molecule has 1 aliphatic heterocycles. The Morgan fingerprint density at radius 1 is 0.976 bits per heavy atom. The molecule has 214 valence electrons. The van der Waals surface area contributed by atoms with Crippen LogP contribution in [0.5, 0.6) is 11.5 Å². The van der Waals surface area contributed by atoms with E-state index in [0.29, 0.717) is 25.4 Å². The van der Waals surface area contributed by atoms with E-state index in [1.807, 2.05) is 77.5 Å². The highest BCUT2D eigenvalue weighted by Gasteiger charge is 2.38. The van der Waals surface area contributed by atoms with E-state index in [4.69, 9.17) is 24.5 Å². The Bertz CT molecular complexity index is 1440. The molecule has 5 rings (SSSR count). The van der Waals surface area contributed by atoms with Crippen molar-refractivity contribution in [2.75, 3.05) is 13.2 Å². The first-order valence-corrected chi connectivity index (χ1v) is 12.8. The van der Waals surface area contributed by atoms with Gasteiger partial charge in [-0.2, -0.15) is 18.3 Å². The number of aromatic nitrogens is 2. The number of alkyl halides is 3. The number of ether oxygens (including phenoxy) is 2. The first-order valence-electron chi connectivity index (χ1n) is 12.8. The van der Waals surface area contributed by atoms with E-state index in [1.165, 1.54) is 11.1 Å². The number of carbonyl (C=O) groups excluding carboxylic acids is 1. The molecule has 8 nitrogen and oxygen atoms in total. The molecule has 0 saturated carbocycles. The maximum absolute atomic E-state index is 12.7. The number of halogens is 3. The summed E-state index contributed by atoms with van der Waals surface area (Å²) in [7, 11) is 0. The molecule has 0 aliphatic carbocycles. The summed E-state index contributed by atoms with van der Waals surface area (Å²) < 4.78 is 45.5. The van der Waals surface area contributed by atoms with Crippen LogP contribution in [0.1, 0.15) is 28.5 Å². The zero-order valence-corrected chi connectivity index (χ0v) is 21.9. The number of para-hydroxylation sites is 1. The van der Waals surface area contributed by atoms with Gasteiger partial charge in [0.2, 0.25) is 5.91 Å². The van der Waals surface area contributed by atoms with Gasteiger partial charge in [0, 0.05) is 12.7 Å². The van der Waals surface area contributed by atoms with Crippen molar-refractivity contribution in [3.63, 3.8) is 0 Å². The molecule has 1 unspecified atom stereocenters. The van der Waals surface area contributed by atoms with Crippen molar-refractivity contribution in [2.45, 2.75) is 31.7 Å². The smallest absolute Gasteiger partial charge is 0.475 e. The van der Waals surface area contributed by atoms with Crippen LogP contribution in [0.2, 0.25) is 0 Å². The van der Waals surface area contributed by atoms with Crippen LogP contribution in [0.25, 0.3) is 0 Å². The summed E-state index contributed by atoms with van der Waals surface area (Å²) in [6.45, 7) is 1.74. The molecule has 2 heterocycles. The third-order valence-corrected chi connectivity index (χ3v) is 6.02. The van der Waals surface area contributed by atoms with Crippen LogP contribution in [0.15, 0.2) is 91.1 Å². The van der Waals surface area contributed by atoms with Gasteiger partial charge < -0.3 is 19.9 Å². The van der Waals surface area contributed by atoms with Gasteiger partial charge >= 0.3 is 12.1 Å². The first-order chi connectivity index (χ1) is 19.7. The van der Waals surface area contributed by atoms with Gasteiger partial charge in [-0.3, -0.25) is 9.48 Å². The van der Waals surface area contributed by atoms with Gasteiger partial charge in [0.15, 0.2) is 0 Å². The minimum absolute atomic E-state index is 0.0590. The number of carbonyl (C=O) groups is 2. The molecule has 11 heteroatoms. The Morgan fingerprint density at radius 3 is 2.29 bits per heavy atom. The Kier molecular flexibility index (Phi) is 9.75. The maximum atomic E-state index is 12.7. The molecular formula is C30H28F3N3O5. The molecule has 41 heavy (non-hydrogen) atoms. The van der Waals surface area contributed by atoms with Crippen molar-refractivity contribution in [1.82, 2.24) is 15.1 Å². The zero-order valence-electron chi connectivity index (χ0n) is 21.9. The minimum Gasteiger partial charge on any atom is -0.475 e. The van der Waals surface area contributed by atoms with Gasteiger partial charge in [0.1, 0.15) is 17.6 Å². The highest BCUT2D eigenvalue weighted by Crippen LogP contribution is 2.26. The predicted molar refractivity (Wildman–Crippen MR) is 144 cm³/mol. The maximum Gasteiger partial charge on any atom is 0.490 e. The molecule has 0 bridgehead atoms. The summed E-state index contributed by atoms with van der Waals surface area (Å²) in [6, 6.07) is 27.5. The van der Waals surface area contributed by atoms with Crippen LogP contribution in [0, 0.1) is 0 Å². The minimum atomic E-state index is -5.08. The summed E-state index contributed by atoms with van der Waals surface area (Å²) in [4.78, 5) is 21.5. The average Bonchev–Trinajstić information content (AvgIpc) is 3.36. The molecule has 0 fully saturated rings. The first kappa shape index (κ1) is 29.3. The number of carboxylic acids is 1. The van der Waals surface area contributed by atoms with Gasteiger partial charge in [0.25, 0.3) is 0 Å². The highest BCUT2D eigenvalue weighted by molar-refractivity contribution is 5.78.